The van der Waals surface area contributed by atoms with Crippen LogP contribution < -0.4 is 4.74 Å². The summed E-state index contributed by atoms with van der Waals surface area (Å²) in [4.78, 5) is 11.6. The average molecular weight is 345 g/mol. The van der Waals surface area contributed by atoms with Crippen LogP contribution in [0.15, 0.2) is 53.0 Å². The number of esters is 1. The van der Waals surface area contributed by atoms with E-state index >= 15 is 0 Å². The summed E-state index contributed by atoms with van der Waals surface area (Å²) in [6.45, 7) is 0.439. The Kier molecular flexibility index (Phi) is 5.42. The van der Waals surface area contributed by atoms with E-state index in [4.69, 9.17) is 15.9 Å². The SMILES string of the molecule is C#CCOC(=O)c1ccc(OCc2ccc(Br)cc2)cc1. The molecule has 3 nitrogen and oxygen atoms in total. The molecule has 0 heterocycles. The van der Waals surface area contributed by atoms with Crippen molar-refractivity contribution in [1.29, 1.82) is 0 Å². The van der Waals surface area contributed by atoms with Crippen LogP contribution in [-0.4, -0.2) is 12.6 Å². The maximum Gasteiger partial charge on any atom is 0.339 e. The van der Waals surface area contributed by atoms with Gasteiger partial charge in [-0.15, -0.1) is 6.42 Å². The first kappa shape index (κ1) is 15.1. The lowest BCUT2D eigenvalue weighted by Crippen LogP contribution is -2.05. The second-order valence-electron chi connectivity index (χ2n) is 4.22. The lowest BCUT2D eigenvalue weighted by atomic mass is 10.2. The van der Waals surface area contributed by atoms with E-state index in [0.29, 0.717) is 17.9 Å². The lowest BCUT2D eigenvalue weighted by Gasteiger charge is -2.07. The number of carbonyl (C=O) groups is 1. The first-order valence-electron chi connectivity index (χ1n) is 6.27. The van der Waals surface area contributed by atoms with Crippen molar-refractivity contribution in [3.8, 4) is 18.1 Å². The van der Waals surface area contributed by atoms with Gasteiger partial charge in [0.2, 0.25) is 0 Å². The van der Waals surface area contributed by atoms with Gasteiger partial charge in [0.1, 0.15) is 12.4 Å². The van der Waals surface area contributed by atoms with Crippen molar-refractivity contribution in [2.75, 3.05) is 6.61 Å². The largest absolute Gasteiger partial charge is 0.489 e. The second-order valence-corrected chi connectivity index (χ2v) is 5.14. The monoisotopic (exact) mass is 344 g/mol. The summed E-state index contributed by atoms with van der Waals surface area (Å²) in [5.74, 6) is 2.50. The summed E-state index contributed by atoms with van der Waals surface area (Å²) in [6, 6.07) is 14.6. The number of benzene rings is 2. The summed E-state index contributed by atoms with van der Waals surface area (Å²) < 4.78 is 11.5. The van der Waals surface area contributed by atoms with Gasteiger partial charge in [0.05, 0.1) is 5.56 Å². The molecule has 0 unspecified atom stereocenters. The van der Waals surface area contributed by atoms with Gasteiger partial charge in [0.15, 0.2) is 6.61 Å². The third-order valence-electron chi connectivity index (χ3n) is 2.70. The molecule has 0 aliphatic carbocycles. The van der Waals surface area contributed by atoms with Crippen molar-refractivity contribution in [2.24, 2.45) is 0 Å². The van der Waals surface area contributed by atoms with Crippen LogP contribution >= 0.6 is 15.9 Å². The number of terminal acetylenes is 1. The molecule has 2 aromatic rings. The molecule has 106 valence electrons. The van der Waals surface area contributed by atoms with Gasteiger partial charge in [0.25, 0.3) is 0 Å². The Bertz CT molecular complexity index is 639. The molecule has 0 fully saturated rings. The highest BCUT2D eigenvalue weighted by molar-refractivity contribution is 9.10. The van der Waals surface area contributed by atoms with Crippen LogP contribution in [0.2, 0.25) is 0 Å². The molecule has 0 aliphatic heterocycles. The highest BCUT2D eigenvalue weighted by Crippen LogP contribution is 2.16. The summed E-state index contributed by atoms with van der Waals surface area (Å²) in [7, 11) is 0. The van der Waals surface area contributed by atoms with Gasteiger partial charge >= 0.3 is 5.97 Å². The highest BCUT2D eigenvalue weighted by Gasteiger charge is 2.06. The number of ether oxygens (including phenoxy) is 2. The van der Waals surface area contributed by atoms with E-state index in [2.05, 4.69) is 21.9 Å². The van der Waals surface area contributed by atoms with Gasteiger partial charge in [-0.2, -0.15) is 0 Å². The fourth-order valence-electron chi connectivity index (χ4n) is 1.63. The van der Waals surface area contributed by atoms with Crippen molar-refractivity contribution in [3.63, 3.8) is 0 Å². The predicted octanol–water partition coefficient (Wildman–Crippen LogP) is 3.82. The molecule has 0 aliphatic rings. The Morgan fingerprint density at radius 1 is 1.10 bits per heavy atom. The molecule has 21 heavy (non-hydrogen) atoms. The molecule has 0 bridgehead atoms. The van der Waals surface area contributed by atoms with Crippen LogP contribution in [-0.2, 0) is 11.3 Å². The third kappa shape index (κ3) is 4.66. The van der Waals surface area contributed by atoms with Crippen LogP contribution in [0.1, 0.15) is 15.9 Å². The van der Waals surface area contributed by atoms with E-state index in [1.807, 2.05) is 24.3 Å². The zero-order valence-electron chi connectivity index (χ0n) is 11.2. The van der Waals surface area contributed by atoms with Crippen molar-refractivity contribution in [2.45, 2.75) is 6.61 Å². The minimum absolute atomic E-state index is 0.0271. The standard InChI is InChI=1S/C17H13BrO3/c1-2-11-20-17(19)14-5-9-16(10-6-14)21-12-13-3-7-15(18)8-4-13/h1,3-10H,11-12H2. The zero-order valence-corrected chi connectivity index (χ0v) is 12.8. The molecule has 0 amide bonds. The van der Waals surface area contributed by atoms with Gasteiger partial charge in [-0.3, -0.25) is 0 Å². The van der Waals surface area contributed by atoms with Crippen LogP contribution in [0.25, 0.3) is 0 Å². The van der Waals surface area contributed by atoms with E-state index in [1.165, 1.54) is 0 Å². The predicted molar refractivity (Wildman–Crippen MR) is 84.0 cm³/mol. The maximum absolute atomic E-state index is 11.6. The molecule has 2 rings (SSSR count). The summed E-state index contributed by atoms with van der Waals surface area (Å²) in [5.41, 5.74) is 1.51. The first-order chi connectivity index (χ1) is 10.2. The molecular weight excluding hydrogens is 332 g/mol. The topological polar surface area (TPSA) is 35.5 Å². The van der Waals surface area contributed by atoms with Gasteiger partial charge in [-0.1, -0.05) is 34.0 Å². The Balaban J connectivity index is 1.92. The van der Waals surface area contributed by atoms with Crippen LogP contribution in [0, 0.1) is 12.3 Å². The molecule has 0 spiro atoms. The summed E-state index contributed by atoms with van der Waals surface area (Å²) in [5, 5.41) is 0. The molecule has 0 aromatic heterocycles. The lowest BCUT2D eigenvalue weighted by molar-refractivity contribution is 0.0556. The number of hydrogen-bond acceptors (Lipinski definition) is 3. The van der Waals surface area contributed by atoms with E-state index in [1.54, 1.807) is 24.3 Å². The molecule has 0 saturated carbocycles. The smallest absolute Gasteiger partial charge is 0.339 e. The van der Waals surface area contributed by atoms with Gasteiger partial charge in [0, 0.05) is 4.47 Å². The Morgan fingerprint density at radius 3 is 2.38 bits per heavy atom. The van der Waals surface area contributed by atoms with Crippen LogP contribution in [0.4, 0.5) is 0 Å². The molecule has 0 saturated heterocycles. The van der Waals surface area contributed by atoms with E-state index in [0.717, 1.165) is 10.0 Å². The third-order valence-corrected chi connectivity index (χ3v) is 3.22. The van der Waals surface area contributed by atoms with Crippen molar-refractivity contribution in [1.82, 2.24) is 0 Å². The summed E-state index contributed by atoms with van der Waals surface area (Å²) in [6.07, 6.45) is 5.03. The van der Waals surface area contributed by atoms with Gasteiger partial charge in [-0.25, -0.2) is 4.79 Å². The Labute approximate surface area is 132 Å². The maximum atomic E-state index is 11.6. The molecular formula is C17H13BrO3. The number of carbonyl (C=O) groups excluding carboxylic acids is 1. The van der Waals surface area contributed by atoms with E-state index < -0.39 is 5.97 Å². The Morgan fingerprint density at radius 2 is 1.76 bits per heavy atom. The van der Waals surface area contributed by atoms with Crippen LogP contribution in [0.3, 0.4) is 0 Å². The molecule has 4 heteroatoms. The number of rotatable bonds is 5. The number of halogens is 1. The van der Waals surface area contributed by atoms with Gasteiger partial charge in [-0.05, 0) is 42.0 Å². The second kappa shape index (κ2) is 7.51. The zero-order chi connectivity index (χ0) is 15.1. The fourth-order valence-corrected chi connectivity index (χ4v) is 1.89. The molecule has 0 atom stereocenters. The normalized spacial score (nSPS) is 9.71. The quantitative estimate of drug-likeness (QED) is 0.611. The van der Waals surface area contributed by atoms with Crippen molar-refractivity contribution in [3.05, 3.63) is 64.1 Å². The fraction of sp³-hybridized carbons (Fsp3) is 0.118. The molecule has 0 radical (unpaired) electrons. The average Bonchev–Trinajstić information content (AvgIpc) is 2.52. The summed E-state index contributed by atoms with van der Waals surface area (Å²) >= 11 is 3.38. The van der Waals surface area contributed by atoms with E-state index in [9.17, 15) is 4.79 Å². The van der Waals surface area contributed by atoms with E-state index in [-0.39, 0.29) is 6.61 Å². The van der Waals surface area contributed by atoms with Crippen molar-refractivity contribution < 1.29 is 14.3 Å². The minimum atomic E-state index is -0.438. The van der Waals surface area contributed by atoms with Crippen molar-refractivity contribution >= 4 is 21.9 Å². The first-order valence-corrected chi connectivity index (χ1v) is 7.06. The Hall–Kier alpha value is -2.25. The molecule has 2 aromatic carbocycles. The van der Waals surface area contributed by atoms with Gasteiger partial charge < -0.3 is 9.47 Å². The minimum Gasteiger partial charge on any atom is -0.489 e. The number of hydrogen-bond donors (Lipinski definition) is 0. The molecule has 0 N–H and O–H groups in total. The highest BCUT2D eigenvalue weighted by atomic mass is 79.9. The van der Waals surface area contributed by atoms with Crippen LogP contribution in [0.5, 0.6) is 5.75 Å².